The van der Waals surface area contributed by atoms with Crippen LogP contribution in [0.5, 0.6) is 11.5 Å². The number of carbonyl (C=O) groups is 2. The van der Waals surface area contributed by atoms with E-state index in [0.717, 1.165) is 21.3 Å². The summed E-state index contributed by atoms with van der Waals surface area (Å²) in [6.45, 7) is 10.0. The second-order valence-corrected chi connectivity index (χ2v) is 10.3. The van der Waals surface area contributed by atoms with Crippen LogP contribution in [0.15, 0.2) is 72.8 Å². The SMILES string of the molecule is C=CCOc1ccc(C2C(=C(O)c3ccc(F)cc3)C(=O)C(=O)N2c2nc3c(C)cc(C)cc3s2)cc1OCC. The van der Waals surface area contributed by atoms with E-state index in [9.17, 15) is 19.1 Å². The van der Waals surface area contributed by atoms with Gasteiger partial charge in [0.15, 0.2) is 16.6 Å². The first-order valence-corrected chi connectivity index (χ1v) is 13.5. The van der Waals surface area contributed by atoms with Gasteiger partial charge in [-0.05, 0) is 79.9 Å². The number of hydrogen-bond acceptors (Lipinski definition) is 7. The minimum absolute atomic E-state index is 0.133. The standard InChI is InChI=1S/C31H27FN2O5S/c1-5-13-39-22-12-9-20(16-23(22)38-6-2)27-25(28(35)19-7-10-21(32)11-8-19)29(36)30(37)34(27)31-33-26-18(4)14-17(3)15-24(26)40-31/h5,7-12,14-16,27,35H,1,6,13H2,2-4H3. The van der Waals surface area contributed by atoms with Gasteiger partial charge in [-0.15, -0.1) is 0 Å². The van der Waals surface area contributed by atoms with Gasteiger partial charge in [0.2, 0.25) is 0 Å². The molecular weight excluding hydrogens is 531 g/mol. The highest BCUT2D eigenvalue weighted by atomic mass is 32.1. The number of nitrogens with zero attached hydrogens (tertiary/aromatic N) is 2. The number of aromatic nitrogens is 1. The summed E-state index contributed by atoms with van der Waals surface area (Å²) in [4.78, 5) is 33.2. The van der Waals surface area contributed by atoms with Crippen LogP contribution < -0.4 is 14.4 Å². The van der Waals surface area contributed by atoms with Gasteiger partial charge >= 0.3 is 5.91 Å². The molecular formula is C31H27FN2O5S. The Hall–Kier alpha value is -4.50. The maximum Gasteiger partial charge on any atom is 0.301 e. The van der Waals surface area contributed by atoms with Crippen LogP contribution in [0.25, 0.3) is 16.0 Å². The molecule has 1 N–H and O–H groups in total. The lowest BCUT2D eigenvalue weighted by Crippen LogP contribution is -2.29. The zero-order chi connectivity index (χ0) is 28.6. The van der Waals surface area contributed by atoms with Crippen LogP contribution in [-0.2, 0) is 9.59 Å². The lowest BCUT2D eigenvalue weighted by Gasteiger charge is -2.24. The van der Waals surface area contributed by atoms with E-state index in [1.807, 2.05) is 32.9 Å². The van der Waals surface area contributed by atoms with Gasteiger partial charge in [0.25, 0.3) is 5.78 Å². The second-order valence-electron chi connectivity index (χ2n) is 9.34. The molecule has 7 nitrogen and oxygen atoms in total. The molecule has 2 heterocycles. The molecule has 0 spiro atoms. The maximum atomic E-state index is 13.6. The third-order valence-corrected chi connectivity index (χ3v) is 7.53. The molecule has 0 bridgehead atoms. The van der Waals surface area contributed by atoms with Crippen LogP contribution in [0.3, 0.4) is 0 Å². The molecule has 1 aliphatic heterocycles. The van der Waals surface area contributed by atoms with Crippen molar-refractivity contribution >= 4 is 44.1 Å². The molecule has 5 rings (SSSR count). The Balaban J connectivity index is 1.73. The summed E-state index contributed by atoms with van der Waals surface area (Å²) in [7, 11) is 0. The number of ether oxygens (including phenoxy) is 2. The third-order valence-electron chi connectivity index (χ3n) is 6.53. The molecule has 0 saturated carbocycles. The maximum absolute atomic E-state index is 13.6. The van der Waals surface area contributed by atoms with Crippen LogP contribution >= 0.6 is 11.3 Å². The van der Waals surface area contributed by atoms with Crippen molar-refractivity contribution in [3.63, 3.8) is 0 Å². The van der Waals surface area contributed by atoms with Crippen LogP contribution in [0.2, 0.25) is 0 Å². The van der Waals surface area contributed by atoms with Gasteiger partial charge in [0.1, 0.15) is 18.2 Å². The largest absolute Gasteiger partial charge is 0.507 e. The fourth-order valence-electron chi connectivity index (χ4n) is 4.80. The summed E-state index contributed by atoms with van der Waals surface area (Å²) in [5.74, 6) is -1.73. The molecule has 1 saturated heterocycles. The molecule has 0 radical (unpaired) electrons. The molecule has 4 aromatic rings. The Morgan fingerprint density at radius 2 is 1.85 bits per heavy atom. The number of thiazole rings is 1. The highest BCUT2D eigenvalue weighted by Gasteiger charge is 2.48. The van der Waals surface area contributed by atoms with E-state index in [-0.39, 0.29) is 17.7 Å². The van der Waals surface area contributed by atoms with E-state index in [2.05, 4.69) is 6.58 Å². The van der Waals surface area contributed by atoms with Gasteiger partial charge < -0.3 is 14.6 Å². The number of aliphatic hydroxyl groups is 1. The number of ketones is 1. The number of anilines is 1. The van der Waals surface area contributed by atoms with Crippen LogP contribution in [0.4, 0.5) is 9.52 Å². The summed E-state index contributed by atoms with van der Waals surface area (Å²) in [5.41, 5.74) is 3.30. The van der Waals surface area contributed by atoms with E-state index in [0.29, 0.717) is 28.8 Å². The molecule has 40 heavy (non-hydrogen) atoms. The Labute approximate surface area is 234 Å². The number of benzene rings is 3. The molecule has 9 heteroatoms. The van der Waals surface area contributed by atoms with Crippen LogP contribution in [0.1, 0.15) is 35.2 Å². The van der Waals surface area contributed by atoms with Crippen molar-refractivity contribution in [1.82, 2.24) is 4.98 Å². The fourth-order valence-corrected chi connectivity index (χ4v) is 5.97. The Morgan fingerprint density at radius 1 is 1.10 bits per heavy atom. The number of carbonyl (C=O) groups excluding carboxylic acids is 2. The zero-order valence-corrected chi connectivity index (χ0v) is 23.0. The summed E-state index contributed by atoms with van der Waals surface area (Å²) >= 11 is 1.29. The molecule has 1 unspecified atom stereocenters. The van der Waals surface area contributed by atoms with E-state index in [1.54, 1.807) is 24.3 Å². The van der Waals surface area contributed by atoms with E-state index < -0.39 is 29.3 Å². The number of fused-ring (bicyclic) bond motifs is 1. The number of rotatable bonds is 8. The minimum atomic E-state index is -1.03. The van der Waals surface area contributed by atoms with E-state index >= 15 is 0 Å². The highest BCUT2D eigenvalue weighted by Crippen LogP contribution is 2.46. The average molecular weight is 559 g/mol. The predicted molar refractivity (Wildman–Crippen MR) is 154 cm³/mol. The van der Waals surface area contributed by atoms with Crippen molar-refractivity contribution < 1.29 is 28.6 Å². The monoisotopic (exact) mass is 558 g/mol. The molecule has 1 amide bonds. The fraction of sp³-hybridized carbons (Fsp3) is 0.194. The zero-order valence-electron chi connectivity index (χ0n) is 22.2. The summed E-state index contributed by atoms with van der Waals surface area (Å²) in [6, 6.07) is 13.1. The number of amides is 1. The minimum Gasteiger partial charge on any atom is -0.507 e. The quantitative estimate of drug-likeness (QED) is 0.113. The smallest absolute Gasteiger partial charge is 0.301 e. The molecule has 1 aliphatic rings. The number of hydrogen-bond donors (Lipinski definition) is 1. The first-order valence-electron chi connectivity index (χ1n) is 12.7. The van der Waals surface area contributed by atoms with Gasteiger partial charge in [0.05, 0.1) is 28.4 Å². The van der Waals surface area contributed by atoms with E-state index in [4.69, 9.17) is 14.5 Å². The van der Waals surface area contributed by atoms with Crippen molar-refractivity contribution in [1.29, 1.82) is 0 Å². The summed E-state index contributed by atoms with van der Waals surface area (Å²) in [6.07, 6.45) is 1.61. The van der Waals surface area contributed by atoms with Gasteiger partial charge in [0, 0.05) is 5.56 Å². The normalized spacial score (nSPS) is 16.5. The second kappa shape index (κ2) is 10.9. The molecule has 3 aromatic carbocycles. The van der Waals surface area contributed by atoms with E-state index in [1.165, 1.54) is 40.5 Å². The Kier molecular flexibility index (Phi) is 7.40. The number of Topliss-reactive ketones (excluding diaryl/α,β-unsaturated/α-hetero) is 1. The third kappa shape index (κ3) is 4.84. The van der Waals surface area contributed by atoms with Crippen molar-refractivity contribution in [2.45, 2.75) is 26.8 Å². The van der Waals surface area contributed by atoms with Crippen molar-refractivity contribution in [2.24, 2.45) is 0 Å². The number of halogens is 1. The molecule has 1 aromatic heterocycles. The van der Waals surface area contributed by atoms with Gasteiger partial charge in [-0.1, -0.05) is 36.1 Å². The summed E-state index contributed by atoms with van der Waals surface area (Å²) in [5, 5.41) is 11.7. The van der Waals surface area contributed by atoms with Gasteiger partial charge in [-0.25, -0.2) is 9.37 Å². The highest BCUT2D eigenvalue weighted by molar-refractivity contribution is 7.22. The van der Waals surface area contributed by atoms with Gasteiger partial charge in [-0.2, -0.15) is 0 Å². The molecule has 1 fully saturated rings. The van der Waals surface area contributed by atoms with Crippen LogP contribution in [0, 0.1) is 19.7 Å². The average Bonchev–Trinajstić information content (AvgIpc) is 3.46. The van der Waals surface area contributed by atoms with Crippen molar-refractivity contribution in [3.8, 4) is 11.5 Å². The van der Waals surface area contributed by atoms with Gasteiger partial charge in [-0.3, -0.25) is 14.5 Å². The lowest BCUT2D eigenvalue weighted by molar-refractivity contribution is -0.132. The topological polar surface area (TPSA) is 89.0 Å². The van der Waals surface area contributed by atoms with Crippen molar-refractivity contribution in [3.05, 3.63) is 101 Å². The van der Waals surface area contributed by atoms with Crippen LogP contribution in [-0.4, -0.2) is 35.0 Å². The predicted octanol–water partition coefficient (Wildman–Crippen LogP) is 6.64. The first kappa shape index (κ1) is 27.1. The number of aliphatic hydroxyl groups excluding tert-OH is 1. The summed E-state index contributed by atoms with van der Waals surface area (Å²) < 4.78 is 26.1. The molecule has 1 atom stereocenters. The molecule has 0 aliphatic carbocycles. The Bertz CT molecular complexity index is 1680. The van der Waals surface area contributed by atoms with Crippen molar-refractivity contribution in [2.75, 3.05) is 18.1 Å². The molecule has 204 valence electrons. The number of aryl methyl sites for hydroxylation is 2. The lowest BCUT2D eigenvalue weighted by atomic mass is 9.95. The first-order chi connectivity index (χ1) is 19.2. The Morgan fingerprint density at radius 3 is 2.55 bits per heavy atom.